The number of benzene rings is 2. The first-order chi connectivity index (χ1) is 11.5. The number of carbonyl (C=O) groups is 2. The van der Waals surface area contributed by atoms with E-state index in [2.05, 4.69) is 5.32 Å². The summed E-state index contributed by atoms with van der Waals surface area (Å²) in [6.45, 7) is 1.97. The summed E-state index contributed by atoms with van der Waals surface area (Å²) in [5, 5.41) is 3.10. The van der Waals surface area contributed by atoms with Crippen molar-refractivity contribution in [3.8, 4) is 5.75 Å². The first-order valence-electron chi connectivity index (χ1n) is 7.56. The quantitative estimate of drug-likeness (QED) is 0.880. The lowest BCUT2D eigenvalue weighted by Crippen LogP contribution is -2.27. The topological polar surface area (TPSA) is 58.6 Å². The molecular formula is C19H18N2O3. The highest BCUT2D eigenvalue weighted by Gasteiger charge is 2.37. The van der Waals surface area contributed by atoms with Gasteiger partial charge in [-0.2, -0.15) is 0 Å². The first kappa shape index (κ1) is 15.8. The van der Waals surface area contributed by atoms with Crippen LogP contribution in [0.15, 0.2) is 54.2 Å². The van der Waals surface area contributed by atoms with Crippen molar-refractivity contribution in [2.75, 3.05) is 19.5 Å². The van der Waals surface area contributed by atoms with E-state index < -0.39 is 0 Å². The second-order valence-corrected chi connectivity index (χ2v) is 5.61. The van der Waals surface area contributed by atoms with Crippen LogP contribution in [0.4, 0.5) is 5.69 Å². The third-order valence-electron chi connectivity index (χ3n) is 3.95. The van der Waals surface area contributed by atoms with E-state index in [9.17, 15) is 9.59 Å². The molecule has 0 bridgehead atoms. The molecule has 2 aromatic carbocycles. The molecule has 0 spiro atoms. The third-order valence-corrected chi connectivity index (χ3v) is 3.95. The molecule has 5 nitrogen and oxygen atoms in total. The van der Waals surface area contributed by atoms with Crippen LogP contribution < -0.4 is 10.1 Å². The van der Waals surface area contributed by atoms with Crippen molar-refractivity contribution < 1.29 is 14.3 Å². The number of ether oxygens (including phenoxy) is 1. The second kappa shape index (κ2) is 6.20. The Morgan fingerprint density at radius 2 is 1.75 bits per heavy atom. The number of aryl methyl sites for hydroxylation is 1. The molecule has 1 N–H and O–H groups in total. The number of methoxy groups -OCH3 is 1. The Hall–Kier alpha value is -3.08. The molecule has 1 aliphatic rings. The number of carbonyl (C=O) groups excluding carboxylic acids is 2. The van der Waals surface area contributed by atoms with Crippen LogP contribution in [0, 0.1) is 6.92 Å². The predicted molar refractivity (Wildman–Crippen MR) is 92.5 cm³/mol. The van der Waals surface area contributed by atoms with E-state index in [0.29, 0.717) is 16.9 Å². The normalized spacial score (nSPS) is 14.4. The number of para-hydroxylation sites is 1. The number of nitrogens with one attached hydrogen (secondary N) is 1. The summed E-state index contributed by atoms with van der Waals surface area (Å²) < 4.78 is 5.35. The number of nitrogens with zero attached hydrogens (tertiary/aromatic N) is 1. The molecule has 1 aliphatic heterocycles. The molecular weight excluding hydrogens is 304 g/mol. The van der Waals surface area contributed by atoms with Gasteiger partial charge in [0.05, 0.1) is 12.7 Å². The van der Waals surface area contributed by atoms with E-state index >= 15 is 0 Å². The zero-order valence-corrected chi connectivity index (χ0v) is 13.8. The van der Waals surface area contributed by atoms with Gasteiger partial charge >= 0.3 is 0 Å². The Kier molecular flexibility index (Phi) is 4.08. The largest absolute Gasteiger partial charge is 0.496 e. The van der Waals surface area contributed by atoms with E-state index in [1.165, 1.54) is 14.2 Å². The molecule has 0 unspecified atom stereocenters. The average molecular weight is 322 g/mol. The highest BCUT2D eigenvalue weighted by molar-refractivity contribution is 6.36. The van der Waals surface area contributed by atoms with E-state index in [4.69, 9.17) is 4.74 Å². The molecule has 0 atom stereocenters. The lowest BCUT2D eigenvalue weighted by molar-refractivity contribution is -0.135. The van der Waals surface area contributed by atoms with Gasteiger partial charge in [-0.25, -0.2) is 0 Å². The Bertz CT molecular complexity index is 855. The second-order valence-electron chi connectivity index (χ2n) is 5.61. The Morgan fingerprint density at radius 3 is 2.46 bits per heavy atom. The minimum atomic E-state index is -0.359. The number of rotatable bonds is 4. The number of imide groups is 1. The van der Waals surface area contributed by atoms with Gasteiger partial charge in [0.2, 0.25) is 0 Å². The summed E-state index contributed by atoms with van der Waals surface area (Å²) in [7, 11) is 3.02. The van der Waals surface area contributed by atoms with Crippen LogP contribution >= 0.6 is 0 Å². The van der Waals surface area contributed by atoms with Gasteiger partial charge in [0, 0.05) is 18.3 Å². The molecule has 5 heteroatoms. The Labute approximate surface area is 140 Å². The lowest BCUT2D eigenvalue weighted by Gasteiger charge is -2.11. The minimum Gasteiger partial charge on any atom is -0.496 e. The summed E-state index contributed by atoms with van der Waals surface area (Å²) in [5.41, 5.74) is 3.00. The van der Waals surface area contributed by atoms with Crippen molar-refractivity contribution in [3.63, 3.8) is 0 Å². The molecule has 24 heavy (non-hydrogen) atoms. The SMILES string of the molecule is COc1ccccc1C1=C(Nc2cccc(C)c2)C(=O)N(C)C1=O. The van der Waals surface area contributed by atoms with Gasteiger partial charge in [0.25, 0.3) is 11.8 Å². The summed E-state index contributed by atoms with van der Waals surface area (Å²) in [4.78, 5) is 26.2. The highest BCUT2D eigenvalue weighted by atomic mass is 16.5. The summed E-state index contributed by atoms with van der Waals surface area (Å²) >= 11 is 0. The molecule has 122 valence electrons. The summed E-state index contributed by atoms with van der Waals surface area (Å²) in [6, 6.07) is 14.8. The number of hydrogen-bond acceptors (Lipinski definition) is 4. The molecule has 0 saturated carbocycles. The van der Waals surface area contributed by atoms with Crippen molar-refractivity contribution in [2.45, 2.75) is 6.92 Å². The van der Waals surface area contributed by atoms with Gasteiger partial charge in [-0.15, -0.1) is 0 Å². The van der Waals surface area contributed by atoms with E-state index in [0.717, 1.165) is 16.2 Å². The fraction of sp³-hybridized carbons (Fsp3) is 0.158. The van der Waals surface area contributed by atoms with Crippen LogP contribution in [0.2, 0.25) is 0 Å². The van der Waals surface area contributed by atoms with Gasteiger partial charge in [0.15, 0.2) is 0 Å². The smallest absolute Gasteiger partial charge is 0.277 e. The molecule has 0 fully saturated rings. The molecule has 2 aromatic rings. The molecule has 0 radical (unpaired) electrons. The van der Waals surface area contributed by atoms with Gasteiger partial charge in [-0.05, 0) is 30.7 Å². The third kappa shape index (κ3) is 2.65. The van der Waals surface area contributed by atoms with Crippen molar-refractivity contribution in [3.05, 3.63) is 65.4 Å². The highest BCUT2D eigenvalue weighted by Crippen LogP contribution is 2.34. The predicted octanol–water partition coefficient (Wildman–Crippen LogP) is 2.83. The van der Waals surface area contributed by atoms with Crippen molar-refractivity contribution in [1.82, 2.24) is 4.90 Å². The van der Waals surface area contributed by atoms with Gasteiger partial charge in [0.1, 0.15) is 11.4 Å². The fourth-order valence-electron chi connectivity index (χ4n) is 2.73. The lowest BCUT2D eigenvalue weighted by atomic mass is 10.0. The fourth-order valence-corrected chi connectivity index (χ4v) is 2.73. The average Bonchev–Trinajstić information content (AvgIpc) is 2.79. The molecule has 3 rings (SSSR count). The van der Waals surface area contributed by atoms with E-state index in [-0.39, 0.29) is 17.5 Å². The Balaban J connectivity index is 2.14. The molecule has 1 heterocycles. The van der Waals surface area contributed by atoms with Crippen LogP contribution in [0.25, 0.3) is 5.57 Å². The number of likely N-dealkylation sites (N-methyl/N-ethyl adjacent to an activating group) is 1. The molecule has 2 amide bonds. The van der Waals surface area contributed by atoms with E-state index in [1.807, 2.05) is 43.3 Å². The zero-order valence-electron chi connectivity index (χ0n) is 13.8. The number of anilines is 1. The van der Waals surface area contributed by atoms with Gasteiger partial charge in [-0.3, -0.25) is 14.5 Å². The Morgan fingerprint density at radius 1 is 1.00 bits per heavy atom. The van der Waals surface area contributed by atoms with E-state index in [1.54, 1.807) is 12.1 Å². The zero-order chi connectivity index (χ0) is 17.3. The molecule has 0 aliphatic carbocycles. The number of amides is 2. The maximum Gasteiger partial charge on any atom is 0.277 e. The number of hydrogen-bond donors (Lipinski definition) is 1. The monoisotopic (exact) mass is 322 g/mol. The van der Waals surface area contributed by atoms with Crippen LogP contribution in [-0.4, -0.2) is 30.9 Å². The van der Waals surface area contributed by atoms with Gasteiger partial charge in [-0.1, -0.05) is 30.3 Å². The summed E-state index contributed by atoms with van der Waals surface area (Å²) in [5.74, 6) is -0.158. The minimum absolute atomic E-state index is 0.262. The van der Waals surface area contributed by atoms with Crippen LogP contribution in [0.5, 0.6) is 5.75 Å². The summed E-state index contributed by atoms with van der Waals surface area (Å²) in [6.07, 6.45) is 0. The van der Waals surface area contributed by atoms with Gasteiger partial charge < -0.3 is 10.1 Å². The van der Waals surface area contributed by atoms with Crippen LogP contribution in [0.3, 0.4) is 0 Å². The van der Waals surface area contributed by atoms with Crippen molar-refractivity contribution >= 4 is 23.1 Å². The maximum absolute atomic E-state index is 12.6. The van der Waals surface area contributed by atoms with Crippen molar-refractivity contribution in [1.29, 1.82) is 0 Å². The van der Waals surface area contributed by atoms with Crippen molar-refractivity contribution in [2.24, 2.45) is 0 Å². The van der Waals surface area contributed by atoms with Crippen LogP contribution in [-0.2, 0) is 9.59 Å². The molecule has 0 saturated heterocycles. The first-order valence-corrected chi connectivity index (χ1v) is 7.56. The maximum atomic E-state index is 12.6. The molecule has 0 aromatic heterocycles. The van der Waals surface area contributed by atoms with Crippen LogP contribution in [0.1, 0.15) is 11.1 Å². The standard InChI is InChI=1S/C19H18N2O3/c1-12-7-6-8-13(11-12)20-17-16(18(22)21(2)19(17)23)14-9-4-5-10-15(14)24-3/h4-11,20H,1-3H3.